The summed E-state index contributed by atoms with van der Waals surface area (Å²) in [5, 5.41) is 0. The second kappa shape index (κ2) is 7.84. The Bertz CT molecular complexity index is 154. The van der Waals surface area contributed by atoms with Crippen molar-refractivity contribution >= 4 is 5.91 Å². The number of rotatable bonds is 7. The van der Waals surface area contributed by atoms with Crippen LogP contribution in [0.2, 0.25) is 0 Å². The van der Waals surface area contributed by atoms with Crippen LogP contribution in [0.15, 0.2) is 0 Å². The zero-order chi connectivity index (χ0) is 11.0. The van der Waals surface area contributed by atoms with Crippen LogP contribution in [-0.4, -0.2) is 23.4 Å². The fourth-order valence-electron chi connectivity index (χ4n) is 1.47. The molecule has 1 amide bonds. The molecule has 0 rings (SSSR count). The average molecular weight is 199 g/mol. The van der Waals surface area contributed by atoms with Crippen molar-refractivity contribution in [3.05, 3.63) is 0 Å². The molecular formula is C12H25NO. The fourth-order valence-corrected chi connectivity index (χ4v) is 1.47. The molecule has 0 unspecified atom stereocenters. The number of nitrogens with zero attached hydrogens (tertiary/aromatic N) is 1. The summed E-state index contributed by atoms with van der Waals surface area (Å²) < 4.78 is 0. The molecule has 0 atom stereocenters. The summed E-state index contributed by atoms with van der Waals surface area (Å²) in [5.74, 6) is 0.329. The van der Waals surface area contributed by atoms with E-state index >= 15 is 0 Å². The molecule has 0 aromatic carbocycles. The molecule has 0 spiro atoms. The Labute approximate surface area is 88.7 Å². The molecule has 0 N–H and O–H groups in total. The monoisotopic (exact) mass is 199 g/mol. The van der Waals surface area contributed by atoms with Gasteiger partial charge in [-0.05, 0) is 26.7 Å². The minimum Gasteiger partial charge on any atom is -0.340 e. The first kappa shape index (κ1) is 13.5. The van der Waals surface area contributed by atoms with Gasteiger partial charge in [0, 0.05) is 19.0 Å². The van der Waals surface area contributed by atoms with E-state index in [2.05, 4.69) is 27.7 Å². The second-order valence-corrected chi connectivity index (χ2v) is 4.14. The summed E-state index contributed by atoms with van der Waals surface area (Å²) in [4.78, 5) is 13.8. The van der Waals surface area contributed by atoms with E-state index in [9.17, 15) is 4.79 Å². The maximum atomic E-state index is 11.8. The van der Waals surface area contributed by atoms with Crippen molar-refractivity contribution in [3.8, 4) is 0 Å². The van der Waals surface area contributed by atoms with Gasteiger partial charge in [-0.15, -0.1) is 0 Å². The molecule has 0 aromatic rings. The third kappa shape index (κ3) is 5.25. The van der Waals surface area contributed by atoms with E-state index in [1.807, 2.05) is 4.90 Å². The Kier molecular flexibility index (Phi) is 7.54. The first-order valence-corrected chi connectivity index (χ1v) is 5.92. The Hall–Kier alpha value is -0.530. The molecule has 0 aliphatic heterocycles. The molecule has 2 nitrogen and oxygen atoms in total. The van der Waals surface area contributed by atoms with E-state index in [1.54, 1.807) is 0 Å². The predicted molar refractivity (Wildman–Crippen MR) is 61.3 cm³/mol. The lowest BCUT2D eigenvalue weighted by Gasteiger charge is -2.26. The quantitative estimate of drug-likeness (QED) is 0.616. The highest BCUT2D eigenvalue weighted by atomic mass is 16.2. The summed E-state index contributed by atoms with van der Waals surface area (Å²) in [6.45, 7) is 9.41. The lowest BCUT2D eigenvalue weighted by molar-refractivity contribution is -0.133. The number of unbranched alkanes of at least 4 members (excludes halogenated alkanes) is 2. The van der Waals surface area contributed by atoms with E-state index < -0.39 is 0 Å². The third-order valence-electron chi connectivity index (χ3n) is 2.44. The summed E-state index contributed by atoms with van der Waals surface area (Å²) in [7, 11) is 0. The molecule has 0 aliphatic rings. The van der Waals surface area contributed by atoms with Gasteiger partial charge in [-0.2, -0.15) is 0 Å². The van der Waals surface area contributed by atoms with Crippen LogP contribution in [0.1, 0.15) is 59.8 Å². The summed E-state index contributed by atoms with van der Waals surface area (Å²) in [5.41, 5.74) is 0. The van der Waals surface area contributed by atoms with E-state index in [1.165, 1.54) is 0 Å². The second-order valence-electron chi connectivity index (χ2n) is 4.14. The van der Waals surface area contributed by atoms with Gasteiger partial charge in [-0.3, -0.25) is 4.79 Å². The first-order chi connectivity index (χ1) is 6.63. The summed E-state index contributed by atoms with van der Waals surface area (Å²) >= 11 is 0. The van der Waals surface area contributed by atoms with Gasteiger partial charge in [-0.25, -0.2) is 0 Å². The molecule has 0 heterocycles. The molecule has 0 saturated carbocycles. The molecule has 0 radical (unpaired) electrons. The highest BCUT2D eigenvalue weighted by molar-refractivity contribution is 5.76. The van der Waals surface area contributed by atoms with Gasteiger partial charge in [0.1, 0.15) is 0 Å². The largest absolute Gasteiger partial charge is 0.340 e. The number of carbonyl (C=O) groups excluding carboxylic acids is 1. The SMILES string of the molecule is CCCCC(=O)N(CCCC)C(C)C. The number of hydrogen-bond acceptors (Lipinski definition) is 1. The van der Waals surface area contributed by atoms with Crippen LogP contribution in [-0.2, 0) is 4.79 Å². The van der Waals surface area contributed by atoms with Crippen LogP contribution < -0.4 is 0 Å². The Balaban J connectivity index is 3.98. The normalized spacial score (nSPS) is 10.6. The highest BCUT2D eigenvalue weighted by Crippen LogP contribution is 2.07. The van der Waals surface area contributed by atoms with Crippen molar-refractivity contribution in [1.29, 1.82) is 0 Å². The molecule has 0 saturated heterocycles. The molecule has 0 bridgehead atoms. The Morgan fingerprint density at radius 1 is 1.14 bits per heavy atom. The van der Waals surface area contributed by atoms with Crippen LogP contribution in [0.4, 0.5) is 0 Å². The summed E-state index contributed by atoms with van der Waals surface area (Å²) in [6.07, 6.45) is 5.12. The lowest BCUT2D eigenvalue weighted by Crippen LogP contribution is -2.37. The van der Waals surface area contributed by atoms with Crippen molar-refractivity contribution in [2.75, 3.05) is 6.54 Å². The van der Waals surface area contributed by atoms with Crippen LogP contribution >= 0.6 is 0 Å². The van der Waals surface area contributed by atoms with Crippen molar-refractivity contribution < 1.29 is 4.79 Å². The smallest absolute Gasteiger partial charge is 0.222 e. The zero-order valence-electron chi connectivity index (χ0n) is 10.2. The van der Waals surface area contributed by atoms with Crippen LogP contribution in [0, 0.1) is 0 Å². The van der Waals surface area contributed by atoms with E-state index in [0.717, 1.165) is 38.6 Å². The van der Waals surface area contributed by atoms with Gasteiger partial charge >= 0.3 is 0 Å². The summed E-state index contributed by atoms with van der Waals surface area (Å²) in [6, 6.07) is 0.353. The van der Waals surface area contributed by atoms with Gasteiger partial charge in [0.05, 0.1) is 0 Å². The van der Waals surface area contributed by atoms with E-state index in [4.69, 9.17) is 0 Å². The molecule has 0 aromatic heterocycles. The highest BCUT2D eigenvalue weighted by Gasteiger charge is 2.14. The maximum Gasteiger partial charge on any atom is 0.222 e. The zero-order valence-corrected chi connectivity index (χ0v) is 10.2. The number of hydrogen-bond donors (Lipinski definition) is 0. The molecule has 0 aliphatic carbocycles. The topological polar surface area (TPSA) is 20.3 Å². The van der Waals surface area contributed by atoms with Gasteiger partial charge in [0.25, 0.3) is 0 Å². The standard InChI is InChI=1S/C12H25NO/c1-5-7-9-12(14)13(11(3)4)10-8-6-2/h11H,5-10H2,1-4H3. The van der Waals surface area contributed by atoms with Gasteiger partial charge in [0.2, 0.25) is 5.91 Å². The third-order valence-corrected chi connectivity index (χ3v) is 2.44. The van der Waals surface area contributed by atoms with E-state index in [-0.39, 0.29) is 0 Å². The Morgan fingerprint density at radius 3 is 2.14 bits per heavy atom. The van der Waals surface area contributed by atoms with Crippen molar-refractivity contribution in [2.24, 2.45) is 0 Å². The first-order valence-electron chi connectivity index (χ1n) is 5.92. The fraction of sp³-hybridized carbons (Fsp3) is 0.917. The van der Waals surface area contributed by atoms with Crippen molar-refractivity contribution in [3.63, 3.8) is 0 Å². The van der Waals surface area contributed by atoms with E-state index in [0.29, 0.717) is 11.9 Å². The number of amides is 1. The number of carbonyl (C=O) groups is 1. The van der Waals surface area contributed by atoms with Crippen LogP contribution in [0.5, 0.6) is 0 Å². The molecule has 84 valence electrons. The van der Waals surface area contributed by atoms with Crippen molar-refractivity contribution in [1.82, 2.24) is 4.90 Å². The maximum absolute atomic E-state index is 11.8. The van der Waals surface area contributed by atoms with Gasteiger partial charge < -0.3 is 4.90 Å². The van der Waals surface area contributed by atoms with Gasteiger partial charge in [-0.1, -0.05) is 26.7 Å². The average Bonchev–Trinajstić information content (AvgIpc) is 2.14. The predicted octanol–water partition coefficient (Wildman–Crippen LogP) is 3.21. The van der Waals surface area contributed by atoms with Crippen molar-refractivity contribution in [2.45, 2.75) is 65.8 Å². The minimum atomic E-state index is 0.329. The van der Waals surface area contributed by atoms with Gasteiger partial charge in [0.15, 0.2) is 0 Å². The molecule has 0 fully saturated rings. The van der Waals surface area contributed by atoms with Crippen LogP contribution in [0.3, 0.4) is 0 Å². The molecule has 2 heteroatoms. The molecule has 14 heavy (non-hydrogen) atoms. The van der Waals surface area contributed by atoms with Crippen LogP contribution in [0.25, 0.3) is 0 Å². The lowest BCUT2D eigenvalue weighted by atomic mass is 10.2. The molecular weight excluding hydrogens is 174 g/mol. The Morgan fingerprint density at radius 2 is 1.71 bits per heavy atom. The minimum absolute atomic E-state index is 0.329.